The van der Waals surface area contributed by atoms with E-state index in [1.165, 1.54) is 53.7 Å². The molecule has 0 radical (unpaired) electrons. The first-order valence-electron chi connectivity index (χ1n) is 11.6. The number of ether oxygens (including phenoxy) is 1. The van der Waals surface area contributed by atoms with Crippen molar-refractivity contribution < 1.29 is 9.84 Å². The highest BCUT2D eigenvalue weighted by Crippen LogP contribution is 2.42. The molecule has 1 unspecified atom stereocenters. The number of rotatable bonds is 6. The molecule has 0 amide bonds. The molecule has 0 spiro atoms. The van der Waals surface area contributed by atoms with Crippen molar-refractivity contribution >= 4 is 0 Å². The van der Waals surface area contributed by atoms with Crippen LogP contribution in [-0.4, -0.2) is 36.2 Å². The summed E-state index contributed by atoms with van der Waals surface area (Å²) in [4.78, 5) is 2.49. The SMILES string of the molecule is Oc1ccc2c(c1)CCCC2c1ccc(OCCN2CCCC2)cc1-c1ccccc1. The van der Waals surface area contributed by atoms with E-state index in [1.807, 2.05) is 12.1 Å². The zero-order valence-corrected chi connectivity index (χ0v) is 18.1. The van der Waals surface area contributed by atoms with Crippen molar-refractivity contribution in [3.8, 4) is 22.6 Å². The van der Waals surface area contributed by atoms with Gasteiger partial charge in [0.1, 0.15) is 18.1 Å². The number of hydrogen-bond acceptors (Lipinski definition) is 3. The summed E-state index contributed by atoms with van der Waals surface area (Å²) in [6, 6.07) is 23.2. The van der Waals surface area contributed by atoms with Gasteiger partial charge in [-0.25, -0.2) is 0 Å². The Bertz CT molecular complexity index is 1020. The molecule has 1 aliphatic heterocycles. The third kappa shape index (κ3) is 4.47. The molecule has 0 saturated carbocycles. The van der Waals surface area contributed by atoms with Crippen LogP contribution < -0.4 is 4.74 Å². The largest absolute Gasteiger partial charge is 0.508 e. The van der Waals surface area contributed by atoms with E-state index in [-0.39, 0.29) is 0 Å². The summed E-state index contributed by atoms with van der Waals surface area (Å²) < 4.78 is 6.18. The monoisotopic (exact) mass is 413 g/mol. The summed E-state index contributed by atoms with van der Waals surface area (Å²) in [7, 11) is 0. The molecule has 0 bridgehead atoms. The number of nitrogens with zero attached hydrogens (tertiary/aromatic N) is 1. The molecule has 5 rings (SSSR count). The predicted octanol–water partition coefficient (Wildman–Crippen LogP) is 6.00. The number of fused-ring (bicyclic) bond motifs is 1. The minimum Gasteiger partial charge on any atom is -0.508 e. The molecule has 31 heavy (non-hydrogen) atoms. The van der Waals surface area contributed by atoms with E-state index >= 15 is 0 Å². The minimum absolute atomic E-state index is 0.346. The van der Waals surface area contributed by atoms with Crippen molar-refractivity contribution in [2.45, 2.75) is 38.0 Å². The third-order valence-electron chi connectivity index (χ3n) is 6.80. The zero-order chi connectivity index (χ0) is 21.0. The minimum atomic E-state index is 0.346. The normalized spacial score (nSPS) is 18.6. The molecule has 1 N–H and O–H groups in total. The lowest BCUT2D eigenvalue weighted by Crippen LogP contribution is -2.25. The maximum atomic E-state index is 9.96. The Hall–Kier alpha value is -2.78. The molecule has 1 saturated heterocycles. The van der Waals surface area contributed by atoms with Crippen LogP contribution in [0.2, 0.25) is 0 Å². The van der Waals surface area contributed by atoms with Crippen LogP contribution in [0.1, 0.15) is 48.3 Å². The van der Waals surface area contributed by atoms with Gasteiger partial charge in [0.2, 0.25) is 0 Å². The quantitative estimate of drug-likeness (QED) is 0.538. The van der Waals surface area contributed by atoms with Gasteiger partial charge in [-0.3, -0.25) is 4.90 Å². The second kappa shape index (κ2) is 9.15. The smallest absolute Gasteiger partial charge is 0.120 e. The first-order chi connectivity index (χ1) is 15.3. The number of hydrogen-bond donors (Lipinski definition) is 1. The van der Waals surface area contributed by atoms with Crippen molar-refractivity contribution in [1.82, 2.24) is 4.90 Å². The van der Waals surface area contributed by atoms with Crippen LogP contribution in [0.5, 0.6) is 11.5 Å². The highest BCUT2D eigenvalue weighted by molar-refractivity contribution is 5.71. The third-order valence-corrected chi connectivity index (χ3v) is 6.80. The molecule has 3 aromatic rings. The number of phenols is 1. The van der Waals surface area contributed by atoms with E-state index < -0.39 is 0 Å². The van der Waals surface area contributed by atoms with E-state index in [0.717, 1.165) is 38.2 Å². The van der Waals surface area contributed by atoms with Crippen LogP contribution in [-0.2, 0) is 6.42 Å². The Balaban J connectivity index is 1.46. The van der Waals surface area contributed by atoms with Gasteiger partial charge in [-0.05, 0) is 97.3 Å². The van der Waals surface area contributed by atoms with Crippen LogP contribution >= 0.6 is 0 Å². The summed E-state index contributed by atoms with van der Waals surface area (Å²) in [6.45, 7) is 4.14. The van der Waals surface area contributed by atoms with Gasteiger partial charge >= 0.3 is 0 Å². The number of aromatic hydroxyl groups is 1. The highest BCUT2D eigenvalue weighted by Gasteiger charge is 2.25. The van der Waals surface area contributed by atoms with E-state index in [2.05, 4.69) is 59.5 Å². The lowest BCUT2D eigenvalue weighted by molar-refractivity contribution is 0.238. The Morgan fingerprint density at radius 2 is 1.68 bits per heavy atom. The van der Waals surface area contributed by atoms with Gasteiger partial charge in [-0.1, -0.05) is 42.5 Å². The lowest BCUT2D eigenvalue weighted by Gasteiger charge is -2.28. The van der Waals surface area contributed by atoms with Crippen LogP contribution in [0.4, 0.5) is 0 Å². The molecule has 2 aliphatic rings. The fraction of sp³-hybridized carbons (Fsp3) is 0.357. The molecular weight excluding hydrogens is 382 g/mol. The fourth-order valence-electron chi connectivity index (χ4n) is 5.22. The molecular formula is C28H31NO2. The molecule has 1 atom stereocenters. The van der Waals surface area contributed by atoms with Crippen molar-refractivity contribution in [2.75, 3.05) is 26.2 Å². The second-order valence-electron chi connectivity index (χ2n) is 8.84. The molecule has 3 aromatic carbocycles. The topological polar surface area (TPSA) is 32.7 Å². The van der Waals surface area contributed by atoms with Gasteiger partial charge < -0.3 is 9.84 Å². The number of likely N-dealkylation sites (tertiary alicyclic amines) is 1. The summed E-state index contributed by atoms with van der Waals surface area (Å²) in [5.41, 5.74) is 6.47. The van der Waals surface area contributed by atoms with Gasteiger partial charge in [0.05, 0.1) is 0 Å². The Morgan fingerprint density at radius 3 is 2.52 bits per heavy atom. The van der Waals surface area contributed by atoms with Crippen LogP contribution in [0, 0.1) is 0 Å². The molecule has 0 aromatic heterocycles. The van der Waals surface area contributed by atoms with Crippen molar-refractivity contribution in [1.29, 1.82) is 0 Å². The first-order valence-corrected chi connectivity index (χ1v) is 11.6. The average Bonchev–Trinajstić information content (AvgIpc) is 3.33. The van der Waals surface area contributed by atoms with E-state index in [9.17, 15) is 5.11 Å². The second-order valence-corrected chi connectivity index (χ2v) is 8.84. The predicted molar refractivity (Wildman–Crippen MR) is 126 cm³/mol. The van der Waals surface area contributed by atoms with Gasteiger partial charge in [0.15, 0.2) is 0 Å². The van der Waals surface area contributed by atoms with E-state index in [4.69, 9.17) is 4.74 Å². The first kappa shape index (κ1) is 20.1. The van der Waals surface area contributed by atoms with E-state index in [0.29, 0.717) is 11.7 Å². The summed E-state index contributed by atoms with van der Waals surface area (Å²) in [6.07, 6.45) is 5.94. The standard InChI is InChI=1S/C28H31NO2/c30-23-11-13-25-22(19-23)9-6-10-26(25)27-14-12-24(31-18-17-29-15-4-5-16-29)20-28(27)21-7-2-1-3-8-21/h1-3,7-8,11-14,19-20,26,30H,4-6,9-10,15-18H2. The summed E-state index contributed by atoms with van der Waals surface area (Å²) >= 11 is 0. The van der Waals surface area contributed by atoms with Gasteiger partial charge in [0.25, 0.3) is 0 Å². The maximum absolute atomic E-state index is 9.96. The molecule has 3 heteroatoms. The van der Waals surface area contributed by atoms with Gasteiger partial charge in [0, 0.05) is 12.5 Å². The maximum Gasteiger partial charge on any atom is 0.120 e. The van der Waals surface area contributed by atoms with Crippen LogP contribution in [0.15, 0.2) is 66.7 Å². The number of benzene rings is 3. The highest BCUT2D eigenvalue weighted by atomic mass is 16.5. The molecule has 1 aliphatic carbocycles. The Morgan fingerprint density at radius 1 is 0.871 bits per heavy atom. The van der Waals surface area contributed by atoms with E-state index in [1.54, 1.807) is 0 Å². The average molecular weight is 414 g/mol. The molecule has 1 fully saturated rings. The van der Waals surface area contributed by atoms with Gasteiger partial charge in [-0.2, -0.15) is 0 Å². The molecule has 1 heterocycles. The fourth-order valence-corrected chi connectivity index (χ4v) is 5.22. The summed E-state index contributed by atoms with van der Waals surface area (Å²) in [5, 5.41) is 9.96. The van der Waals surface area contributed by atoms with Gasteiger partial charge in [-0.15, -0.1) is 0 Å². The number of aryl methyl sites for hydroxylation is 1. The Labute approximate surface area is 185 Å². The van der Waals surface area contributed by atoms with Crippen molar-refractivity contribution in [3.63, 3.8) is 0 Å². The van der Waals surface area contributed by atoms with Crippen LogP contribution in [0.3, 0.4) is 0 Å². The zero-order valence-electron chi connectivity index (χ0n) is 18.1. The Kier molecular flexibility index (Phi) is 5.95. The van der Waals surface area contributed by atoms with Crippen molar-refractivity contribution in [3.05, 3.63) is 83.4 Å². The van der Waals surface area contributed by atoms with Crippen LogP contribution in [0.25, 0.3) is 11.1 Å². The molecule has 3 nitrogen and oxygen atoms in total. The number of phenolic OH excluding ortho intramolecular Hbond substituents is 1. The van der Waals surface area contributed by atoms with Crippen molar-refractivity contribution in [2.24, 2.45) is 0 Å². The molecule has 160 valence electrons. The lowest BCUT2D eigenvalue weighted by atomic mass is 9.76. The summed E-state index contributed by atoms with van der Waals surface area (Å²) in [5.74, 6) is 1.66.